The number of fused-ring (bicyclic) bond motifs is 1. The van der Waals surface area contributed by atoms with Crippen LogP contribution in [0, 0.1) is 17.3 Å². The minimum absolute atomic E-state index is 0.0422. The van der Waals surface area contributed by atoms with Crippen LogP contribution in [0.25, 0.3) is 28.2 Å². The molecular formula is C38H39F3N4O4. The number of nitrogens with zero attached hydrogens (tertiary/aromatic N) is 4. The first-order valence-corrected chi connectivity index (χ1v) is 17.1. The molecule has 11 heteroatoms. The number of aromatic nitrogens is 2. The van der Waals surface area contributed by atoms with Gasteiger partial charge in [-0.3, -0.25) is 0 Å². The summed E-state index contributed by atoms with van der Waals surface area (Å²) >= 11 is 0. The van der Waals surface area contributed by atoms with Crippen molar-refractivity contribution in [1.29, 1.82) is 0 Å². The van der Waals surface area contributed by atoms with Gasteiger partial charge in [-0.25, -0.2) is 9.78 Å². The lowest BCUT2D eigenvalue weighted by atomic mass is 9.48. The molecule has 2 aromatic heterocycles. The van der Waals surface area contributed by atoms with Gasteiger partial charge < -0.3 is 24.2 Å². The minimum Gasteiger partial charge on any atom is -0.493 e. The molecule has 0 unspecified atom stereocenters. The SMILES string of the molecule is CN1CCN(c2cc(C(=O)O)nc3ccc(OCC4CC5(CC(/C=C/c6c(-c7ccccc7C(F)(F)F)noc6C6CC6)C5)C4)cc23)CC1. The maximum absolute atomic E-state index is 13.8. The van der Waals surface area contributed by atoms with Gasteiger partial charge in [0, 0.05) is 54.3 Å². The van der Waals surface area contributed by atoms with Gasteiger partial charge in [0.05, 0.1) is 17.7 Å². The van der Waals surface area contributed by atoms with Gasteiger partial charge in [-0.05, 0) is 93.2 Å². The number of likely N-dealkylation sites (N-methyl/N-ethyl adjacent to an activating group) is 1. The largest absolute Gasteiger partial charge is 0.493 e. The number of halogens is 3. The quantitative estimate of drug-likeness (QED) is 0.191. The van der Waals surface area contributed by atoms with Gasteiger partial charge in [-0.1, -0.05) is 35.5 Å². The van der Waals surface area contributed by atoms with Crippen molar-refractivity contribution in [2.24, 2.45) is 17.3 Å². The average molecular weight is 673 g/mol. The van der Waals surface area contributed by atoms with Crippen molar-refractivity contribution in [3.63, 3.8) is 0 Å². The van der Waals surface area contributed by atoms with Crippen LogP contribution in [0.5, 0.6) is 5.75 Å². The van der Waals surface area contributed by atoms with E-state index in [4.69, 9.17) is 9.26 Å². The van der Waals surface area contributed by atoms with E-state index >= 15 is 0 Å². The fraction of sp³-hybridized carbons (Fsp3) is 0.447. The number of rotatable bonds is 9. The standard InChI is InChI=1S/C38H39F3N4O4/c1-44-12-14-45(15-13-44)33-17-32(36(46)47)42-31-11-9-26(16-29(31)33)48-22-24-20-37(21-24)18-23(19-37)6-10-28-34(43-49-35(28)25-7-8-25)27-4-2-3-5-30(27)38(39,40)41/h2-6,9-11,16-17,23-25H,7-8,12-15,18-22H2,1H3,(H,46,47)/b10-6+. The van der Waals surface area contributed by atoms with Crippen LogP contribution in [0.3, 0.4) is 0 Å². The van der Waals surface area contributed by atoms with Gasteiger partial charge in [0.1, 0.15) is 17.2 Å². The van der Waals surface area contributed by atoms with Gasteiger partial charge in [0.15, 0.2) is 5.69 Å². The number of allylic oxidation sites excluding steroid dienone is 1. The molecule has 8 rings (SSSR count). The number of anilines is 1. The van der Waals surface area contributed by atoms with Crippen LogP contribution in [-0.4, -0.2) is 65.9 Å². The lowest BCUT2D eigenvalue weighted by molar-refractivity contribution is -0.137. The molecule has 0 radical (unpaired) electrons. The summed E-state index contributed by atoms with van der Waals surface area (Å²) in [5, 5.41) is 14.7. The predicted molar refractivity (Wildman–Crippen MR) is 180 cm³/mol. The molecule has 2 aromatic carbocycles. The summed E-state index contributed by atoms with van der Waals surface area (Å²) < 4.78 is 53.4. The number of benzene rings is 2. The van der Waals surface area contributed by atoms with Crippen molar-refractivity contribution >= 4 is 28.6 Å². The van der Waals surface area contributed by atoms with E-state index in [2.05, 4.69) is 33.1 Å². The lowest BCUT2D eigenvalue weighted by Gasteiger charge is -2.57. The number of carboxylic acids is 1. The Bertz CT molecular complexity index is 1910. The van der Waals surface area contributed by atoms with Crippen molar-refractivity contribution in [3.8, 4) is 17.0 Å². The monoisotopic (exact) mass is 672 g/mol. The Hall–Kier alpha value is -4.38. The normalized spacial score (nSPS) is 24.4. The van der Waals surface area contributed by atoms with Crippen LogP contribution in [0.2, 0.25) is 0 Å². The predicted octanol–water partition coefficient (Wildman–Crippen LogP) is 8.13. The molecule has 0 amide bonds. The Morgan fingerprint density at radius 1 is 1.06 bits per heavy atom. The Kier molecular flexibility index (Phi) is 7.93. The van der Waals surface area contributed by atoms with E-state index in [1.165, 1.54) is 12.1 Å². The highest BCUT2D eigenvalue weighted by atomic mass is 19.4. The highest BCUT2D eigenvalue weighted by molar-refractivity contribution is 5.98. The smallest absolute Gasteiger partial charge is 0.417 e. The Morgan fingerprint density at radius 2 is 1.82 bits per heavy atom. The van der Waals surface area contributed by atoms with Gasteiger partial charge >= 0.3 is 12.1 Å². The van der Waals surface area contributed by atoms with Crippen molar-refractivity contribution in [2.75, 3.05) is 44.7 Å². The molecule has 0 bridgehead atoms. The second-order valence-corrected chi connectivity index (χ2v) is 14.5. The molecule has 3 saturated carbocycles. The van der Waals surface area contributed by atoms with Crippen LogP contribution >= 0.6 is 0 Å². The van der Waals surface area contributed by atoms with Crippen molar-refractivity contribution in [2.45, 2.75) is 50.6 Å². The van der Waals surface area contributed by atoms with Crippen LogP contribution in [0.15, 0.2) is 59.1 Å². The van der Waals surface area contributed by atoms with Crippen molar-refractivity contribution in [1.82, 2.24) is 15.0 Å². The highest BCUT2D eigenvalue weighted by Crippen LogP contribution is 2.61. The fourth-order valence-electron chi connectivity index (χ4n) is 8.19. The van der Waals surface area contributed by atoms with Crippen molar-refractivity contribution in [3.05, 3.63) is 77.2 Å². The number of aromatic carboxylic acids is 1. The van der Waals surface area contributed by atoms with E-state index in [1.54, 1.807) is 12.1 Å². The molecule has 3 heterocycles. The Labute approximate surface area is 282 Å². The molecule has 8 nitrogen and oxygen atoms in total. The summed E-state index contributed by atoms with van der Waals surface area (Å²) in [4.78, 5) is 20.7. The summed E-state index contributed by atoms with van der Waals surface area (Å²) in [6.07, 6.45) is 5.83. The second kappa shape index (κ2) is 12.2. The molecule has 1 aliphatic heterocycles. The van der Waals surface area contributed by atoms with E-state index in [9.17, 15) is 23.1 Å². The van der Waals surface area contributed by atoms with E-state index in [0.717, 1.165) is 87.6 Å². The number of carboxylic acid groups (broad SMARTS) is 1. The zero-order valence-corrected chi connectivity index (χ0v) is 27.4. The third-order valence-corrected chi connectivity index (χ3v) is 10.9. The molecule has 0 atom stereocenters. The Morgan fingerprint density at radius 3 is 2.53 bits per heavy atom. The second-order valence-electron chi connectivity index (χ2n) is 14.5. The van der Waals surface area contributed by atoms with Gasteiger partial charge in [0.25, 0.3) is 0 Å². The number of hydrogen-bond acceptors (Lipinski definition) is 7. The molecule has 4 fully saturated rings. The number of ether oxygens (including phenoxy) is 1. The first kappa shape index (κ1) is 31.9. The first-order valence-electron chi connectivity index (χ1n) is 17.1. The summed E-state index contributed by atoms with van der Waals surface area (Å²) in [7, 11) is 2.09. The topological polar surface area (TPSA) is 91.9 Å². The third-order valence-electron chi connectivity index (χ3n) is 10.9. The number of pyridine rings is 1. The van der Waals surface area contributed by atoms with Crippen molar-refractivity contribution < 1.29 is 32.3 Å². The number of carbonyl (C=O) groups is 1. The minimum atomic E-state index is -4.48. The molecule has 1 spiro atoms. The maximum atomic E-state index is 13.8. The third kappa shape index (κ3) is 6.29. The summed E-state index contributed by atoms with van der Waals surface area (Å²) in [5.41, 5.74) is 2.17. The molecule has 4 aromatic rings. The molecule has 49 heavy (non-hydrogen) atoms. The number of alkyl halides is 3. The molecular weight excluding hydrogens is 633 g/mol. The number of piperazine rings is 1. The molecule has 4 aliphatic rings. The zero-order valence-electron chi connectivity index (χ0n) is 27.4. The van der Waals surface area contributed by atoms with Crippen LogP contribution in [-0.2, 0) is 6.18 Å². The van der Waals surface area contributed by atoms with Gasteiger partial charge in [-0.2, -0.15) is 13.2 Å². The summed E-state index contributed by atoms with van der Waals surface area (Å²) in [6.45, 7) is 4.05. The summed E-state index contributed by atoms with van der Waals surface area (Å²) in [5.74, 6) is 1.45. The van der Waals surface area contributed by atoms with Gasteiger partial charge in [0.2, 0.25) is 0 Å². The van der Waals surface area contributed by atoms with E-state index in [1.807, 2.05) is 24.3 Å². The Balaban J connectivity index is 0.903. The van der Waals surface area contributed by atoms with E-state index < -0.39 is 17.7 Å². The van der Waals surface area contributed by atoms with Crippen LogP contribution < -0.4 is 9.64 Å². The zero-order chi connectivity index (χ0) is 33.9. The molecule has 1 N–H and O–H groups in total. The fourth-order valence-corrected chi connectivity index (χ4v) is 8.19. The molecule has 1 saturated heterocycles. The molecule has 256 valence electrons. The average Bonchev–Trinajstić information content (AvgIpc) is 3.81. The van der Waals surface area contributed by atoms with Crippen LogP contribution in [0.4, 0.5) is 18.9 Å². The van der Waals surface area contributed by atoms with Crippen LogP contribution in [0.1, 0.15) is 71.8 Å². The van der Waals surface area contributed by atoms with Gasteiger partial charge in [-0.15, -0.1) is 0 Å². The first-order chi connectivity index (χ1) is 23.5. The van der Waals surface area contributed by atoms with E-state index in [-0.39, 0.29) is 22.9 Å². The number of hydrogen-bond donors (Lipinski definition) is 1. The summed E-state index contributed by atoms with van der Waals surface area (Å²) in [6, 6.07) is 13.0. The highest BCUT2D eigenvalue weighted by Gasteiger charge is 2.52. The van der Waals surface area contributed by atoms with E-state index in [0.29, 0.717) is 40.7 Å². The molecule has 3 aliphatic carbocycles. The lowest BCUT2D eigenvalue weighted by Crippen LogP contribution is -2.48. The maximum Gasteiger partial charge on any atom is 0.417 e.